The van der Waals surface area contributed by atoms with Crippen LogP contribution in [0.2, 0.25) is 0 Å². The van der Waals surface area contributed by atoms with Gasteiger partial charge in [-0.15, -0.1) is 0 Å². The second-order valence-electron chi connectivity index (χ2n) is 8.63. The van der Waals surface area contributed by atoms with Gasteiger partial charge in [0.05, 0.1) is 5.56 Å². The largest absolute Gasteiger partial charge is 0.488 e. The monoisotopic (exact) mass is 498 g/mol. The average molecular weight is 499 g/mol. The van der Waals surface area contributed by atoms with Crippen LogP contribution in [-0.4, -0.2) is 17.0 Å². The summed E-state index contributed by atoms with van der Waals surface area (Å²) in [6, 6.07) is 33.3. The first-order valence-corrected chi connectivity index (χ1v) is 11.9. The fourth-order valence-electron chi connectivity index (χ4n) is 4.31. The van der Waals surface area contributed by atoms with E-state index in [2.05, 4.69) is 23.5 Å². The molecule has 0 spiro atoms. The van der Waals surface area contributed by atoms with Gasteiger partial charge in [-0.05, 0) is 63.5 Å². The SMILES string of the molecule is N#C/C(=C\c1c(OCc2cccc3ccccc23)ccc2ccccc12)C(=O)Nc1ccc(C(=O)O)cc1. The first-order chi connectivity index (χ1) is 18.5. The van der Waals surface area contributed by atoms with E-state index in [1.807, 2.05) is 66.7 Å². The average Bonchev–Trinajstić information content (AvgIpc) is 2.95. The number of hydrogen-bond donors (Lipinski definition) is 2. The molecule has 2 N–H and O–H groups in total. The van der Waals surface area contributed by atoms with Gasteiger partial charge in [-0.25, -0.2) is 4.79 Å². The van der Waals surface area contributed by atoms with Crippen LogP contribution in [0.1, 0.15) is 21.5 Å². The zero-order valence-electron chi connectivity index (χ0n) is 20.2. The van der Waals surface area contributed by atoms with E-state index >= 15 is 0 Å². The zero-order valence-corrected chi connectivity index (χ0v) is 20.2. The van der Waals surface area contributed by atoms with E-state index in [0.29, 0.717) is 23.6 Å². The fraction of sp³-hybridized carbons (Fsp3) is 0.0312. The summed E-state index contributed by atoms with van der Waals surface area (Å²) in [6.07, 6.45) is 1.53. The third-order valence-corrected chi connectivity index (χ3v) is 6.24. The standard InChI is InChI=1S/C32H22N2O4/c33-19-25(31(35)34-26-15-12-23(13-16-26)32(36)37)18-29-28-11-4-2-7-22(28)14-17-30(29)38-20-24-9-5-8-21-6-1-3-10-27(21)24/h1-18H,20H2,(H,34,35)(H,36,37)/b25-18+. The van der Waals surface area contributed by atoms with Crippen LogP contribution < -0.4 is 10.1 Å². The van der Waals surface area contributed by atoms with Crippen molar-refractivity contribution in [2.45, 2.75) is 6.61 Å². The van der Waals surface area contributed by atoms with Gasteiger partial charge in [-0.2, -0.15) is 5.26 Å². The minimum atomic E-state index is -1.06. The van der Waals surface area contributed by atoms with Crippen molar-refractivity contribution in [2.75, 3.05) is 5.32 Å². The van der Waals surface area contributed by atoms with Crippen molar-refractivity contribution in [3.63, 3.8) is 0 Å². The van der Waals surface area contributed by atoms with Crippen LogP contribution in [0.4, 0.5) is 5.69 Å². The number of carboxylic acids is 1. The molecule has 0 fully saturated rings. The van der Waals surface area contributed by atoms with Crippen molar-refractivity contribution in [1.82, 2.24) is 0 Å². The number of rotatable bonds is 7. The Hall–Kier alpha value is -5.41. The molecule has 38 heavy (non-hydrogen) atoms. The second kappa shape index (κ2) is 10.7. The Labute approximate surface area is 219 Å². The highest BCUT2D eigenvalue weighted by Crippen LogP contribution is 2.32. The van der Waals surface area contributed by atoms with Gasteiger partial charge < -0.3 is 15.2 Å². The highest BCUT2D eigenvalue weighted by molar-refractivity contribution is 6.11. The molecule has 0 saturated carbocycles. The van der Waals surface area contributed by atoms with Gasteiger partial charge in [-0.1, -0.05) is 72.8 Å². The summed E-state index contributed by atoms with van der Waals surface area (Å²) >= 11 is 0. The first-order valence-electron chi connectivity index (χ1n) is 11.9. The van der Waals surface area contributed by atoms with E-state index in [1.165, 1.54) is 30.3 Å². The molecule has 5 rings (SSSR count). The molecule has 0 radical (unpaired) electrons. The predicted molar refractivity (Wildman–Crippen MR) is 148 cm³/mol. The number of benzene rings is 5. The summed E-state index contributed by atoms with van der Waals surface area (Å²) in [4.78, 5) is 24.1. The molecule has 0 aliphatic carbocycles. The number of aromatic carboxylic acids is 1. The topological polar surface area (TPSA) is 99.4 Å². The van der Waals surface area contributed by atoms with Gasteiger partial charge in [0.2, 0.25) is 0 Å². The zero-order chi connectivity index (χ0) is 26.5. The van der Waals surface area contributed by atoms with Crippen molar-refractivity contribution >= 4 is 45.2 Å². The molecule has 0 aliphatic heterocycles. The Kier molecular flexibility index (Phi) is 6.83. The Bertz CT molecular complexity index is 1740. The molecular formula is C32H22N2O4. The molecule has 0 aromatic heterocycles. The summed E-state index contributed by atoms with van der Waals surface area (Å²) in [5.41, 5.74) is 2.01. The van der Waals surface area contributed by atoms with Crippen LogP contribution >= 0.6 is 0 Å². The first kappa shape index (κ1) is 24.3. The molecule has 0 atom stereocenters. The van der Waals surface area contributed by atoms with Gasteiger partial charge in [0, 0.05) is 11.3 Å². The van der Waals surface area contributed by atoms with Crippen LogP contribution in [0.15, 0.2) is 109 Å². The number of carboxylic acid groups (broad SMARTS) is 1. The van der Waals surface area contributed by atoms with Crippen LogP contribution in [0, 0.1) is 11.3 Å². The van der Waals surface area contributed by atoms with Gasteiger partial charge in [-0.3, -0.25) is 4.79 Å². The molecule has 0 unspecified atom stereocenters. The van der Waals surface area contributed by atoms with Crippen molar-refractivity contribution in [2.24, 2.45) is 0 Å². The Balaban J connectivity index is 1.48. The maximum atomic E-state index is 13.0. The Morgan fingerprint density at radius 1 is 0.816 bits per heavy atom. The Morgan fingerprint density at radius 3 is 2.18 bits per heavy atom. The highest BCUT2D eigenvalue weighted by Gasteiger charge is 2.15. The number of hydrogen-bond acceptors (Lipinski definition) is 4. The molecule has 0 aliphatic rings. The number of ether oxygens (including phenoxy) is 1. The lowest BCUT2D eigenvalue weighted by atomic mass is 10.0. The molecule has 0 saturated heterocycles. The smallest absolute Gasteiger partial charge is 0.335 e. The van der Waals surface area contributed by atoms with Crippen LogP contribution in [0.25, 0.3) is 27.6 Å². The molecule has 5 aromatic rings. The minimum Gasteiger partial charge on any atom is -0.488 e. The van der Waals surface area contributed by atoms with Crippen LogP contribution in [0.3, 0.4) is 0 Å². The van der Waals surface area contributed by atoms with Crippen LogP contribution in [0.5, 0.6) is 5.75 Å². The van der Waals surface area contributed by atoms with Gasteiger partial charge >= 0.3 is 5.97 Å². The number of nitriles is 1. The lowest BCUT2D eigenvalue weighted by Crippen LogP contribution is -2.13. The quantitative estimate of drug-likeness (QED) is 0.190. The summed E-state index contributed by atoms with van der Waals surface area (Å²) in [5.74, 6) is -1.13. The molecule has 0 heterocycles. The number of anilines is 1. The number of fused-ring (bicyclic) bond motifs is 2. The van der Waals surface area contributed by atoms with Gasteiger partial charge in [0.15, 0.2) is 0 Å². The lowest BCUT2D eigenvalue weighted by molar-refractivity contribution is -0.112. The third kappa shape index (κ3) is 5.08. The van der Waals surface area contributed by atoms with E-state index < -0.39 is 11.9 Å². The summed E-state index contributed by atoms with van der Waals surface area (Å²) < 4.78 is 6.28. The second-order valence-corrected chi connectivity index (χ2v) is 8.63. The van der Waals surface area contributed by atoms with Gasteiger partial charge in [0.1, 0.15) is 24.0 Å². The van der Waals surface area contributed by atoms with E-state index in [4.69, 9.17) is 9.84 Å². The molecule has 0 bridgehead atoms. The minimum absolute atomic E-state index is 0.0998. The molecule has 6 heteroatoms. The Morgan fingerprint density at radius 2 is 1.47 bits per heavy atom. The van der Waals surface area contributed by atoms with E-state index in [1.54, 1.807) is 0 Å². The summed E-state index contributed by atoms with van der Waals surface area (Å²) in [6.45, 7) is 0.310. The van der Waals surface area contributed by atoms with Crippen molar-refractivity contribution < 1.29 is 19.4 Å². The number of nitrogens with one attached hydrogen (secondary N) is 1. The van der Waals surface area contributed by atoms with Crippen molar-refractivity contribution in [3.05, 3.63) is 125 Å². The molecule has 5 aromatic carbocycles. The normalized spacial score (nSPS) is 11.2. The number of carbonyl (C=O) groups is 2. The predicted octanol–water partition coefficient (Wildman–Crippen LogP) is 6.82. The number of carbonyl (C=O) groups excluding carboxylic acids is 1. The fourth-order valence-corrected chi connectivity index (χ4v) is 4.31. The molecule has 6 nitrogen and oxygen atoms in total. The van der Waals surface area contributed by atoms with Crippen molar-refractivity contribution in [3.8, 4) is 11.8 Å². The van der Waals surface area contributed by atoms with E-state index in [0.717, 1.165) is 27.1 Å². The molecular weight excluding hydrogens is 476 g/mol. The van der Waals surface area contributed by atoms with Crippen LogP contribution in [-0.2, 0) is 11.4 Å². The van der Waals surface area contributed by atoms with Crippen molar-refractivity contribution in [1.29, 1.82) is 5.26 Å². The molecule has 1 amide bonds. The van der Waals surface area contributed by atoms with Gasteiger partial charge in [0.25, 0.3) is 5.91 Å². The van der Waals surface area contributed by atoms with E-state index in [9.17, 15) is 14.9 Å². The number of nitrogens with zero attached hydrogens (tertiary/aromatic N) is 1. The maximum Gasteiger partial charge on any atom is 0.335 e. The summed E-state index contributed by atoms with van der Waals surface area (Å²) in [5, 5.41) is 25.6. The third-order valence-electron chi connectivity index (χ3n) is 6.24. The highest BCUT2D eigenvalue weighted by atomic mass is 16.5. The van der Waals surface area contributed by atoms with E-state index in [-0.39, 0.29) is 11.1 Å². The number of amides is 1. The maximum absolute atomic E-state index is 13.0. The lowest BCUT2D eigenvalue weighted by Gasteiger charge is -2.14. The molecule has 184 valence electrons. The summed E-state index contributed by atoms with van der Waals surface area (Å²) in [7, 11) is 0.